The molecule has 2 aromatic carbocycles. The highest BCUT2D eigenvalue weighted by atomic mass is 35.5. The highest BCUT2D eigenvalue weighted by Crippen LogP contribution is 2.31. The Kier molecular flexibility index (Phi) is 9.09. The molecule has 1 aliphatic rings. The first-order chi connectivity index (χ1) is 17.0. The van der Waals surface area contributed by atoms with Crippen molar-refractivity contribution in [3.05, 3.63) is 48.5 Å². The number of alkyl halides is 3. The number of hydrogen-bond acceptors (Lipinski definition) is 7. The molecule has 1 aliphatic carbocycles. The molecule has 3 aromatic rings. The number of hydrogen-bond donors (Lipinski definition) is 2. The number of rotatable bonds is 8. The standard InChI is InChI=1S/C24H28F3N5O3S.ClH/c1-32(2)22-18-7-3-4-8-19(18)30-23(31-22)29-17-13-11-16(12-14-17)15-28-36(33,34)21-10-6-5-9-20(21)35-24(25,26)27;/h3-10,16-17,28H,11-15H2,1-2H3,(H,29,30,31);1H. The van der Waals surface area contributed by atoms with Gasteiger partial charge in [0.15, 0.2) is 0 Å². The Hall–Kier alpha value is -2.83. The molecule has 8 nitrogen and oxygen atoms in total. The zero-order valence-corrected chi connectivity index (χ0v) is 22.0. The van der Waals surface area contributed by atoms with Crippen LogP contribution in [0.2, 0.25) is 0 Å². The summed E-state index contributed by atoms with van der Waals surface area (Å²) >= 11 is 0. The van der Waals surface area contributed by atoms with Crippen LogP contribution in [0.15, 0.2) is 53.4 Å². The Morgan fingerprint density at radius 2 is 1.65 bits per heavy atom. The van der Waals surface area contributed by atoms with E-state index in [2.05, 4.69) is 24.7 Å². The van der Waals surface area contributed by atoms with Gasteiger partial charge in [0.05, 0.1) is 5.52 Å². The molecule has 0 saturated heterocycles. The van der Waals surface area contributed by atoms with Crippen molar-refractivity contribution in [3.63, 3.8) is 0 Å². The van der Waals surface area contributed by atoms with Gasteiger partial charge in [0, 0.05) is 32.1 Å². The monoisotopic (exact) mass is 559 g/mol. The average Bonchev–Trinajstić information content (AvgIpc) is 2.82. The molecule has 1 fully saturated rings. The zero-order chi connectivity index (χ0) is 25.9. The molecule has 13 heteroatoms. The Morgan fingerprint density at radius 3 is 2.32 bits per heavy atom. The van der Waals surface area contributed by atoms with E-state index < -0.39 is 27.0 Å². The molecule has 1 heterocycles. The number of sulfonamides is 1. The number of benzene rings is 2. The third kappa shape index (κ3) is 7.36. The first kappa shape index (κ1) is 28.7. The summed E-state index contributed by atoms with van der Waals surface area (Å²) in [5, 5.41) is 4.37. The lowest BCUT2D eigenvalue weighted by molar-refractivity contribution is -0.275. The lowest BCUT2D eigenvalue weighted by Gasteiger charge is -2.29. The summed E-state index contributed by atoms with van der Waals surface area (Å²) in [6.45, 7) is 0.132. The van der Waals surface area contributed by atoms with E-state index in [0.717, 1.165) is 54.5 Å². The number of fused-ring (bicyclic) bond motifs is 1. The number of para-hydroxylation sites is 2. The van der Waals surface area contributed by atoms with Gasteiger partial charge in [0.25, 0.3) is 0 Å². The van der Waals surface area contributed by atoms with Gasteiger partial charge in [-0.15, -0.1) is 25.6 Å². The van der Waals surface area contributed by atoms with E-state index in [0.29, 0.717) is 5.95 Å². The molecule has 1 saturated carbocycles. The minimum atomic E-state index is -4.99. The summed E-state index contributed by atoms with van der Waals surface area (Å²) < 4.78 is 69.7. The molecule has 4 rings (SSSR count). The SMILES string of the molecule is CN(C)c1nc(NC2CCC(CNS(=O)(=O)c3ccccc3OC(F)(F)F)CC2)nc2ccccc12.Cl. The fraction of sp³-hybridized carbons (Fsp3) is 0.417. The topological polar surface area (TPSA) is 96.5 Å². The van der Waals surface area contributed by atoms with Crippen molar-refractivity contribution in [1.82, 2.24) is 14.7 Å². The maximum Gasteiger partial charge on any atom is 0.573 e. The third-order valence-corrected chi connectivity index (χ3v) is 7.58. The van der Waals surface area contributed by atoms with Crippen molar-refractivity contribution in [2.45, 2.75) is 43.0 Å². The molecule has 0 radical (unpaired) electrons. The van der Waals surface area contributed by atoms with Crippen LogP contribution in [0.5, 0.6) is 5.75 Å². The Bertz CT molecular complexity index is 1320. The van der Waals surface area contributed by atoms with E-state index in [1.807, 2.05) is 43.3 Å². The number of anilines is 2. The van der Waals surface area contributed by atoms with E-state index in [4.69, 9.17) is 0 Å². The molecule has 0 bridgehead atoms. The van der Waals surface area contributed by atoms with Crippen LogP contribution in [0.3, 0.4) is 0 Å². The van der Waals surface area contributed by atoms with Gasteiger partial charge in [-0.2, -0.15) is 4.98 Å². The van der Waals surface area contributed by atoms with Crippen LogP contribution >= 0.6 is 12.4 Å². The number of halogens is 4. The van der Waals surface area contributed by atoms with Gasteiger partial charge >= 0.3 is 6.36 Å². The Morgan fingerprint density at radius 1 is 1.00 bits per heavy atom. The van der Waals surface area contributed by atoms with Crippen molar-refractivity contribution in [2.24, 2.45) is 5.92 Å². The second-order valence-electron chi connectivity index (χ2n) is 8.99. The Labute approximate surface area is 220 Å². The van der Waals surface area contributed by atoms with Crippen molar-refractivity contribution >= 4 is 45.1 Å². The number of ether oxygens (including phenoxy) is 1. The number of nitrogens with one attached hydrogen (secondary N) is 2. The van der Waals surface area contributed by atoms with Gasteiger partial charge in [-0.3, -0.25) is 0 Å². The molecule has 0 atom stereocenters. The second kappa shape index (κ2) is 11.7. The van der Waals surface area contributed by atoms with Crippen LogP contribution in [-0.2, 0) is 10.0 Å². The number of aromatic nitrogens is 2. The fourth-order valence-electron chi connectivity index (χ4n) is 4.35. The second-order valence-corrected chi connectivity index (χ2v) is 10.7. The van der Waals surface area contributed by atoms with E-state index in [9.17, 15) is 21.6 Å². The van der Waals surface area contributed by atoms with Gasteiger partial charge in [0.2, 0.25) is 16.0 Å². The van der Waals surface area contributed by atoms with Gasteiger partial charge in [-0.25, -0.2) is 18.1 Å². The highest BCUT2D eigenvalue weighted by Gasteiger charge is 2.34. The van der Waals surface area contributed by atoms with E-state index in [1.165, 1.54) is 12.1 Å². The third-order valence-electron chi connectivity index (χ3n) is 6.11. The minimum absolute atomic E-state index is 0. The van der Waals surface area contributed by atoms with Crippen LogP contribution in [-0.4, -0.2) is 51.4 Å². The smallest absolute Gasteiger partial charge is 0.404 e. The van der Waals surface area contributed by atoms with Gasteiger partial charge in [0.1, 0.15) is 16.5 Å². The molecule has 1 aromatic heterocycles. The molecule has 37 heavy (non-hydrogen) atoms. The lowest BCUT2D eigenvalue weighted by atomic mass is 9.86. The summed E-state index contributed by atoms with van der Waals surface area (Å²) in [6, 6.07) is 12.6. The average molecular weight is 560 g/mol. The van der Waals surface area contributed by atoms with Crippen LogP contribution < -0.4 is 19.7 Å². The van der Waals surface area contributed by atoms with Gasteiger partial charge < -0.3 is 15.0 Å². The molecule has 0 aliphatic heterocycles. The Balaban J connectivity index is 0.00000380. The summed E-state index contributed by atoms with van der Waals surface area (Å²) in [6.07, 6.45) is -1.93. The van der Waals surface area contributed by atoms with Gasteiger partial charge in [-0.1, -0.05) is 24.3 Å². The van der Waals surface area contributed by atoms with Crippen molar-refractivity contribution in [3.8, 4) is 5.75 Å². The highest BCUT2D eigenvalue weighted by molar-refractivity contribution is 7.89. The molecule has 202 valence electrons. The summed E-state index contributed by atoms with van der Waals surface area (Å²) in [4.78, 5) is 10.7. The van der Waals surface area contributed by atoms with Crippen LogP contribution in [0.4, 0.5) is 24.9 Å². The normalized spacial score (nSPS) is 18.2. The fourth-order valence-corrected chi connectivity index (χ4v) is 5.59. The first-order valence-electron chi connectivity index (χ1n) is 11.6. The predicted octanol–water partition coefficient (Wildman–Crippen LogP) is 4.97. The van der Waals surface area contributed by atoms with E-state index in [-0.39, 0.29) is 30.9 Å². The van der Waals surface area contributed by atoms with Crippen molar-refractivity contribution < 1.29 is 26.3 Å². The predicted molar refractivity (Wildman–Crippen MR) is 139 cm³/mol. The molecule has 0 spiro atoms. The van der Waals surface area contributed by atoms with Crippen molar-refractivity contribution in [2.75, 3.05) is 30.9 Å². The summed E-state index contributed by atoms with van der Waals surface area (Å²) in [5.41, 5.74) is 0.844. The summed E-state index contributed by atoms with van der Waals surface area (Å²) in [7, 11) is -0.316. The maximum absolute atomic E-state index is 12.7. The van der Waals surface area contributed by atoms with E-state index in [1.54, 1.807) is 0 Å². The van der Waals surface area contributed by atoms with Crippen LogP contribution in [0.1, 0.15) is 25.7 Å². The zero-order valence-electron chi connectivity index (χ0n) is 20.3. The van der Waals surface area contributed by atoms with Crippen LogP contribution in [0, 0.1) is 5.92 Å². The molecule has 2 N–H and O–H groups in total. The maximum atomic E-state index is 12.7. The molecular formula is C24H29ClF3N5O3S. The lowest BCUT2D eigenvalue weighted by Crippen LogP contribution is -2.34. The first-order valence-corrected chi connectivity index (χ1v) is 13.1. The van der Waals surface area contributed by atoms with E-state index >= 15 is 0 Å². The number of nitrogens with zero attached hydrogens (tertiary/aromatic N) is 3. The van der Waals surface area contributed by atoms with Crippen molar-refractivity contribution in [1.29, 1.82) is 0 Å². The molecular weight excluding hydrogens is 531 g/mol. The molecule has 0 amide bonds. The summed E-state index contributed by atoms with van der Waals surface area (Å²) in [5.74, 6) is 0.671. The molecule has 0 unspecified atom stereocenters. The van der Waals surface area contributed by atoms with Gasteiger partial charge in [-0.05, 0) is 55.9 Å². The van der Waals surface area contributed by atoms with Crippen LogP contribution in [0.25, 0.3) is 10.9 Å². The largest absolute Gasteiger partial charge is 0.573 e. The quantitative estimate of drug-likeness (QED) is 0.402. The minimum Gasteiger partial charge on any atom is -0.404 e.